The third-order valence-electron chi connectivity index (χ3n) is 2.85. The molecule has 0 saturated carbocycles. The first kappa shape index (κ1) is 11.8. The van der Waals surface area contributed by atoms with Crippen molar-refractivity contribution in [2.75, 3.05) is 5.88 Å². The highest BCUT2D eigenvalue weighted by Gasteiger charge is 2.30. The SMILES string of the molecule is CC(CCl)S(=O)(=O)c1ncnc2c1CCC2. The number of aryl methyl sites for hydroxylation is 1. The van der Waals surface area contributed by atoms with Crippen LogP contribution in [0.15, 0.2) is 11.4 Å². The summed E-state index contributed by atoms with van der Waals surface area (Å²) in [4.78, 5) is 8.04. The number of rotatable bonds is 3. The number of hydrogen-bond acceptors (Lipinski definition) is 4. The maximum Gasteiger partial charge on any atom is 0.199 e. The van der Waals surface area contributed by atoms with Crippen LogP contribution < -0.4 is 0 Å². The topological polar surface area (TPSA) is 59.9 Å². The minimum Gasteiger partial charge on any atom is -0.241 e. The molecular weight excluding hydrogens is 248 g/mol. The van der Waals surface area contributed by atoms with Crippen molar-refractivity contribution >= 4 is 21.4 Å². The van der Waals surface area contributed by atoms with Gasteiger partial charge in [-0.25, -0.2) is 18.4 Å². The lowest BCUT2D eigenvalue weighted by Crippen LogP contribution is -2.22. The molecule has 1 aliphatic carbocycles. The quantitative estimate of drug-likeness (QED) is 0.608. The summed E-state index contributed by atoms with van der Waals surface area (Å²) in [5, 5.41) is -0.420. The van der Waals surface area contributed by atoms with E-state index in [9.17, 15) is 8.42 Å². The zero-order chi connectivity index (χ0) is 11.8. The van der Waals surface area contributed by atoms with Crippen molar-refractivity contribution in [2.45, 2.75) is 36.5 Å². The molecule has 88 valence electrons. The van der Waals surface area contributed by atoms with Crippen LogP contribution in [-0.4, -0.2) is 29.5 Å². The van der Waals surface area contributed by atoms with E-state index >= 15 is 0 Å². The average molecular weight is 261 g/mol. The van der Waals surface area contributed by atoms with E-state index in [1.807, 2.05) is 0 Å². The Balaban J connectivity index is 2.54. The molecule has 1 aromatic rings. The molecule has 1 unspecified atom stereocenters. The van der Waals surface area contributed by atoms with Crippen molar-refractivity contribution in [2.24, 2.45) is 0 Å². The molecular formula is C10H13ClN2O2S. The van der Waals surface area contributed by atoms with E-state index in [0.717, 1.165) is 30.5 Å². The zero-order valence-electron chi connectivity index (χ0n) is 8.98. The van der Waals surface area contributed by atoms with Gasteiger partial charge < -0.3 is 0 Å². The number of aromatic nitrogens is 2. The van der Waals surface area contributed by atoms with Gasteiger partial charge in [-0.2, -0.15) is 0 Å². The van der Waals surface area contributed by atoms with Gasteiger partial charge in [-0.1, -0.05) is 0 Å². The Morgan fingerprint density at radius 3 is 2.88 bits per heavy atom. The van der Waals surface area contributed by atoms with Gasteiger partial charge in [-0.15, -0.1) is 11.6 Å². The highest BCUT2D eigenvalue weighted by Crippen LogP contribution is 2.27. The second-order valence-electron chi connectivity index (χ2n) is 3.97. The van der Waals surface area contributed by atoms with Crippen molar-refractivity contribution in [1.29, 1.82) is 0 Å². The van der Waals surface area contributed by atoms with Gasteiger partial charge in [-0.05, 0) is 26.2 Å². The van der Waals surface area contributed by atoms with Crippen molar-refractivity contribution < 1.29 is 8.42 Å². The van der Waals surface area contributed by atoms with E-state index in [4.69, 9.17) is 11.6 Å². The Morgan fingerprint density at radius 1 is 1.44 bits per heavy atom. The van der Waals surface area contributed by atoms with Crippen LogP contribution >= 0.6 is 11.6 Å². The highest BCUT2D eigenvalue weighted by molar-refractivity contribution is 7.92. The molecule has 1 aliphatic rings. The fraction of sp³-hybridized carbons (Fsp3) is 0.600. The molecule has 0 amide bonds. The van der Waals surface area contributed by atoms with Crippen LogP contribution in [0.4, 0.5) is 0 Å². The van der Waals surface area contributed by atoms with E-state index in [2.05, 4.69) is 9.97 Å². The normalized spacial score (nSPS) is 17.1. The van der Waals surface area contributed by atoms with Gasteiger partial charge in [0, 0.05) is 17.1 Å². The number of sulfone groups is 1. The Morgan fingerprint density at radius 2 is 2.19 bits per heavy atom. The molecule has 6 heteroatoms. The van der Waals surface area contributed by atoms with Gasteiger partial charge in [-0.3, -0.25) is 0 Å². The van der Waals surface area contributed by atoms with Crippen LogP contribution in [0.3, 0.4) is 0 Å². The maximum atomic E-state index is 12.1. The van der Waals surface area contributed by atoms with Crippen LogP contribution in [0.1, 0.15) is 24.6 Å². The van der Waals surface area contributed by atoms with E-state index in [1.54, 1.807) is 6.92 Å². The summed E-state index contributed by atoms with van der Waals surface area (Å²) in [5.74, 6) is 0.0844. The van der Waals surface area contributed by atoms with E-state index in [-0.39, 0.29) is 10.9 Å². The van der Waals surface area contributed by atoms with E-state index in [1.165, 1.54) is 6.33 Å². The van der Waals surface area contributed by atoms with E-state index < -0.39 is 15.1 Å². The van der Waals surface area contributed by atoms with Crippen molar-refractivity contribution in [3.8, 4) is 0 Å². The molecule has 16 heavy (non-hydrogen) atoms. The van der Waals surface area contributed by atoms with Gasteiger partial charge in [0.1, 0.15) is 6.33 Å². The summed E-state index contributed by atoms with van der Waals surface area (Å²) < 4.78 is 24.3. The molecule has 4 nitrogen and oxygen atoms in total. The summed E-state index contributed by atoms with van der Waals surface area (Å²) in [7, 11) is -3.40. The Labute approximate surface area is 100.0 Å². The minimum atomic E-state index is -3.40. The van der Waals surface area contributed by atoms with Crippen LogP contribution in [-0.2, 0) is 22.7 Å². The Bertz CT molecular complexity index is 502. The van der Waals surface area contributed by atoms with Crippen molar-refractivity contribution in [1.82, 2.24) is 9.97 Å². The summed E-state index contributed by atoms with van der Waals surface area (Å²) in [6.45, 7) is 1.60. The fourth-order valence-electron chi connectivity index (χ4n) is 1.85. The first-order valence-electron chi connectivity index (χ1n) is 5.20. The van der Waals surface area contributed by atoms with Gasteiger partial charge in [0.2, 0.25) is 0 Å². The number of nitrogens with zero attached hydrogens (tertiary/aromatic N) is 2. The maximum absolute atomic E-state index is 12.1. The van der Waals surface area contributed by atoms with Crippen LogP contribution in [0, 0.1) is 0 Å². The molecule has 0 aliphatic heterocycles. The Kier molecular flexibility index (Phi) is 3.17. The third-order valence-corrected chi connectivity index (χ3v) is 5.61. The Hall–Kier alpha value is -0.680. The van der Waals surface area contributed by atoms with Gasteiger partial charge >= 0.3 is 0 Å². The molecule has 0 N–H and O–H groups in total. The lowest BCUT2D eigenvalue weighted by Gasteiger charge is -2.11. The standard InChI is InChI=1S/C10H13ClN2O2S/c1-7(5-11)16(14,15)10-8-3-2-4-9(8)12-6-13-10/h6-7H,2-5H2,1H3. The summed E-state index contributed by atoms with van der Waals surface area (Å²) in [5.41, 5.74) is 1.66. The van der Waals surface area contributed by atoms with E-state index in [0.29, 0.717) is 0 Å². The van der Waals surface area contributed by atoms with Gasteiger partial charge in [0.25, 0.3) is 0 Å². The lowest BCUT2D eigenvalue weighted by molar-refractivity contribution is 0.582. The first-order valence-corrected chi connectivity index (χ1v) is 7.28. The molecule has 2 rings (SSSR count). The first-order chi connectivity index (χ1) is 7.57. The third kappa shape index (κ3) is 1.82. The molecule has 0 aromatic carbocycles. The molecule has 0 radical (unpaired) electrons. The average Bonchev–Trinajstić information content (AvgIpc) is 2.75. The smallest absolute Gasteiger partial charge is 0.199 e. The number of halogens is 1. The van der Waals surface area contributed by atoms with Gasteiger partial charge in [0.05, 0.1) is 5.25 Å². The van der Waals surface area contributed by atoms with Crippen molar-refractivity contribution in [3.05, 3.63) is 17.6 Å². The summed E-state index contributed by atoms with van der Waals surface area (Å²) in [6.07, 6.45) is 3.87. The van der Waals surface area contributed by atoms with Crippen LogP contribution in [0.25, 0.3) is 0 Å². The molecule has 1 heterocycles. The number of hydrogen-bond donors (Lipinski definition) is 0. The molecule has 0 spiro atoms. The van der Waals surface area contributed by atoms with Crippen LogP contribution in [0.5, 0.6) is 0 Å². The molecule has 0 saturated heterocycles. The second-order valence-corrected chi connectivity index (χ2v) is 6.56. The minimum absolute atomic E-state index is 0.0844. The molecule has 1 atom stereocenters. The lowest BCUT2D eigenvalue weighted by atomic mass is 10.3. The predicted octanol–water partition coefficient (Wildman–Crippen LogP) is 1.37. The van der Waals surface area contributed by atoms with Gasteiger partial charge in [0.15, 0.2) is 14.9 Å². The fourth-order valence-corrected chi connectivity index (χ4v) is 3.65. The summed E-state index contributed by atoms with van der Waals surface area (Å²) >= 11 is 5.61. The second kappa shape index (κ2) is 4.30. The largest absolute Gasteiger partial charge is 0.241 e. The zero-order valence-corrected chi connectivity index (χ0v) is 10.6. The molecule has 1 aromatic heterocycles. The predicted molar refractivity (Wildman–Crippen MR) is 61.4 cm³/mol. The summed E-state index contributed by atoms with van der Waals surface area (Å²) in [6, 6.07) is 0. The molecule has 0 fully saturated rings. The number of alkyl halides is 1. The highest BCUT2D eigenvalue weighted by atomic mass is 35.5. The molecule has 0 bridgehead atoms. The van der Waals surface area contributed by atoms with Crippen LogP contribution in [0.2, 0.25) is 0 Å². The van der Waals surface area contributed by atoms with Crippen molar-refractivity contribution in [3.63, 3.8) is 0 Å². The monoisotopic (exact) mass is 260 g/mol. The number of fused-ring (bicyclic) bond motifs is 1.